The van der Waals surface area contributed by atoms with Gasteiger partial charge in [0.25, 0.3) is 21.6 Å². The van der Waals surface area contributed by atoms with Gasteiger partial charge < -0.3 is 5.32 Å². The monoisotopic (exact) mass is 477 g/mol. The number of nitro groups is 1. The normalized spacial score (nSPS) is 10.7. The average Bonchev–Trinajstić information content (AvgIpc) is 3.28. The fraction of sp³-hybridized carbons (Fsp3) is 0. The second-order valence-electron chi connectivity index (χ2n) is 5.92. The number of para-hydroxylation sites is 1. The van der Waals surface area contributed by atoms with Crippen molar-refractivity contribution in [2.75, 3.05) is 10.0 Å². The lowest BCUT2D eigenvalue weighted by Gasteiger charge is -2.14. The molecule has 0 saturated heterocycles. The number of hydrazine groups is 1. The Morgan fingerprint density at radius 2 is 1.71 bits per heavy atom. The molecule has 0 aliphatic carbocycles. The van der Waals surface area contributed by atoms with Gasteiger partial charge in [0, 0.05) is 17.8 Å². The molecule has 1 amide bonds. The molecule has 0 saturated carbocycles. The summed E-state index contributed by atoms with van der Waals surface area (Å²) in [6.45, 7) is 0. The van der Waals surface area contributed by atoms with Crippen LogP contribution in [0.15, 0.2) is 70.3 Å². The van der Waals surface area contributed by atoms with Crippen molar-refractivity contribution in [3.63, 3.8) is 0 Å². The molecule has 2 aromatic carbocycles. The molecule has 3 aromatic rings. The maximum absolute atomic E-state index is 12.5. The van der Waals surface area contributed by atoms with Crippen LogP contribution in [0.1, 0.15) is 10.4 Å². The maximum atomic E-state index is 12.5. The van der Waals surface area contributed by atoms with E-state index in [0.29, 0.717) is 5.69 Å². The van der Waals surface area contributed by atoms with Gasteiger partial charge in [-0.05, 0) is 47.9 Å². The van der Waals surface area contributed by atoms with Crippen molar-refractivity contribution < 1.29 is 18.1 Å². The van der Waals surface area contributed by atoms with E-state index in [1.54, 1.807) is 23.6 Å². The van der Waals surface area contributed by atoms with Crippen LogP contribution < -0.4 is 20.9 Å². The number of nitrogens with zero attached hydrogens (tertiary/aromatic N) is 1. The maximum Gasteiger partial charge on any atom is 0.271 e. The predicted octanol–water partition coefficient (Wildman–Crippen LogP) is 3.09. The molecule has 0 aliphatic heterocycles. The summed E-state index contributed by atoms with van der Waals surface area (Å²) < 4.78 is 27.4. The largest absolute Gasteiger partial charge is 0.331 e. The van der Waals surface area contributed by atoms with Crippen molar-refractivity contribution >= 4 is 61.7 Å². The lowest BCUT2D eigenvalue weighted by molar-refractivity contribution is -0.384. The summed E-state index contributed by atoms with van der Waals surface area (Å²) in [6, 6.07) is 14.7. The van der Waals surface area contributed by atoms with Gasteiger partial charge in [-0.15, -0.1) is 11.3 Å². The van der Waals surface area contributed by atoms with Crippen molar-refractivity contribution in [1.29, 1.82) is 0 Å². The number of amides is 1. The summed E-state index contributed by atoms with van der Waals surface area (Å²) in [5.74, 6) is -0.627. The van der Waals surface area contributed by atoms with Crippen molar-refractivity contribution in [3.05, 3.63) is 81.7 Å². The zero-order valence-corrected chi connectivity index (χ0v) is 18.0. The molecule has 0 bridgehead atoms. The van der Waals surface area contributed by atoms with E-state index in [0.717, 1.165) is 11.3 Å². The van der Waals surface area contributed by atoms with Crippen LogP contribution in [0.4, 0.5) is 17.1 Å². The highest BCUT2D eigenvalue weighted by Gasteiger charge is 2.19. The highest BCUT2D eigenvalue weighted by Crippen LogP contribution is 2.22. The molecule has 0 atom stereocenters. The third kappa shape index (κ3) is 5.75. The summed E-state index contributed by atoms with van der Waals surface area (Å²) in [4.78, 5) is 22.7. The Labute approximate surface area is 186 Å². The van der Waals surface area contributed by atoms with E-state index in [4.69, 9.17) is 12.2 Å². The first kappa shape index (κ1) is 22.1. The van der Waals surface area contributed by atoms with Gasteiger partial charge in [0.1, 0.15) is 4.21 Å². The van der Waals surface area contributed by atoms with Crippen LogP contribution in [0.5, 0.6) is 0 Å². The van der Waals surface area contributed by atoms with Crippen LogP contribution in [-0.4, -0.2) is 24.4 Å². The first-order valence-electron chi connectivity index (χ1n) is 8.53. The Balaban J connectivity index is 1.63. The second kappa shape index (κ2) is 9.51. The number of thiophene rings is 1. The summed E-state index contributed by atoms with van der Waals surface area (Å²) in [6.07, 6.45) is 0. The molecule has 13 heteroatoms. The Morgan fingerprint density at radius 3 is 2.35 bits per heavy atom. The van der Waals surface area contributed by atoms with E-state index in [1.807, 2.05) is 0 Å². The number of hydrogen-bond donors (Lipinski definition) is 4. The molecule has 4 N–H and O–H groups in total. The van der Waals surface area contributed by atoms with Gasteiger partial charge in [0.15, 0.2) is 5.11 Å². The number of nitro benzene ring substituents is 1. The molecule has 1 heterocycles. The third-order valence-electron chi connectivity index (χ3n) is 3.80. The number of non-ortho nitro benzene ring substituents is 1. The minimum absolute atomic E-state index is 0.0267. The highest BCUT2D eigenvalue weighted by atomic mass is 32.2. The number of benzene rings is 2. The van der Waals surface area contributed by atoms with E-state index in [1.165, 1.54) is 42.5 Å². The van der Waals surface area contributed by atoms with E-state index in [-0.39, 0.29) is 26.3 Å². The standard InChI is InChI=1S/C18H15N5O5S3/c24-17(20-21-18(29)19-12-7-9-13(10-8-12)23(25)26)14-4-1-2-5-15(14)22-31(27,28)16-6-3-11-30-16/h1-11,22H,(H,20,24)(H2,19,21,29). The summed E-state index contributed by atoms with van der Waals surface area (Å²) in [5.41, 5.74) is 5.45. The van der Waals surface area contributed by atoms with Gasteiger partial charge in [-0.2, -0.15) is 0 Å². The molecule has 31 heavy (non-hydrogen) atoms. The van der Waals surface area contributed by atoms with Gasteiger partial charge in [0.05, 0.1) is 16.2 Å². The molecule has 0 spiro atoms. The third-order valence-corrected chi connectivity index (χ3v) is 6.77. The fourth-order valence-electron chi connectivity index (χ4n) is 2.39. The van der Waals surface area contributed by atoms with Gasteiger partial charge in [-0.1, -0.05) is 18.2 Å². The number of nitrogens with one attached hydrogen (secondary N) is 4. The zero-order valence-electron chi connectivity index (χ0n) is 15.6. The van der Waals surface area contributed by atoms with Crippen LogP contribution in [0, 0.1) is 10.1 Å². The van der Waals surface area contributed by atoms with E-state index >= 15 is 0 Å². The smallest absolute Gasteiger partial charge is 0.271 e. The molecule has 0 aliphatic rings. The summed E-state index contributed by atoms with van der Waals surface area (Å²) in [5, 5.41) is 15.1. The average molecular weight is 478 g/mol. The molecular weight excluding hydrogens is 462 g/mol. The molecule has 0 radical (unpaired) electrons. The summed E-state index contributed by atoms with van der Waals surface area (Å²) in [7, 11) is -3.83. The van der Waals surface area contributed by atoms with Crippen molar-refractivity contribution in [2.24, 2.45) is 0 Å². The van der Waals surface area contributed by atoms with E-state index in [2.05, 4.69) is 20.9 Å². The number of rotatable bonds is 6. The number of carbonyl (C=O) groups is 1. The number of thiocarbonyl (C=S) groups is 1. The lowest BCUT2D eigenvalue weighted by atomic mass is 10.2. The topological polar surface area (TPSA) is 142 Å². The van der Waals surface area contributed by atoms with Crippen LogP contribution >= 0.6 is 23.6 Å². The zero-order chi connectivity index (χ0) is 22.4. The van der Waals surface area contributed by atoms with Crippen molar-refractivity contribution in [2.45, 2.75) is 4.21 Å². The van der Waals surface area contributed by atoms with Crippen LogP contribution in [0.2, 0.25) is 0 Å². The molecule has 0 unspecified atom stereocenters. The quantitative estimate of drug-likeness (QED) is 0.241. The second-order valence-corrected chi connectivity index (χ2v) is 9.19. The van der Waals surface area contributed by atoms with Crippen molar-refractivity contribution in [1.82, 2.24) is 10.9 Å². The molecular formula is C18H15N5O5S3. The number of hydrogen-bond acceptors (Lipinski definition) is 7. The van der Waals surface area contributed by atoms with Crippen LogP contribution in [0.25, 0.3) is 0 Å². The van der Waals surface area contributed by atoms with E-state index in [9.17, 15) is 23.3 Å². The van der Waals surface area contributed by atoms with Crippen molar-refractivity contribution in [3.8, 4) is 0 Å². The minimum atomic E-state index is -3.83. The predicted molar refractivity (Wildman–Crippen MR) is 121 cm³/mol. The molecule has 160 valence electrons. The SMILES string of the molecule is O=C(NNC(=S)Nc1ccc([N+](=O)[O-])cc1)c1ccccc1NS(=O)(=O)c1cccs1. The lowest BCUT2D eigenvalue weighted by Crippen LogP contribution is -2.44. The molecule has 10 nitrogen and oxygen atoms in total. The number of anilines is 2. The molecule has 1 aromatic heterocycles. The first-order chi connectivity index (χ1) is 14.8. The Hall–Kier alpha value is -3.55. The van der Waals surface area contributed by atoms with Gasteiger partial charge in [0.2, 0.25) is 0 Å². The molecule has 0 fully saturated rings. The van der Waals surface area contributed by atoms with Crippen LogP contribution in [0.3, 0.4) is 0 Å². The van der Waals surface area contributed by atoms with Gasteiger partial charge >= 0.3 is 0 Å². The highest BCUT2D eigenvalue weighted by molar-refractivity contribution is 7.94. The number of carbonyl (C=O) groups excluding carboxylic acids is 1. The fourth-order valence-corrected chi connectivity index (χ4v) is 4.63. The van der Waals surface area contributed by atoms with Crippen LogP contribution in [-0.2, 0) is 10.0 Å². The number of sulfonamides is 1. The Morgan fingerprint density at radius 1 is 1.00 bits per heavy atom. The van der Waals surface area contributed by atoms with E-state index < -0.39 is 20.9 Å². The first-order valence-corrected chi connectivity index (χ1v) is 11.3. The van der Waals surface area contributed by atoms with Gasteiger partial charge in [-0.25, -0.2) is 8.42 Å². The Bertz CT molecular complexity index is 1210. The summed E-state index contributed by atoms with van der Waals surface area (Å²) >= 11 is 6.14. The Kier molecular flexibility index (Phi) is 6.79. The van der Waals surface area contributed by atoms with Gasteiger partial charge in [-0.3, -0.25) is 30.5 Å². The minimum Gasteiger partial charge on any atom is -0.331 e. The molecule has 3 rings (SSSR count).